The Morgan fingerprint density at radius 1 is 1.11 bits per heavy atom. The standard InChI is InChI=1S/C12H11N5S/c1-8(12-15-6-7-18-12)16-10-3-2-9-11(17-10)14-5-4-13-9/h2-8H,1H3,(H,14,16,17). The van der Waals surface area contributed by atoms with Gasteiger partial charge >= 0.3 is 0 Å². The molecule has 0 aliphatic carbocycles. The van der Waals surface area contributed by atoms with Crippen molar-refractivity contribution in [3.05, 3.63) is 41.1 Å². The molecule has 1 atom stereocenters. The van der Waals surface area contributed by atoms with Crippen LogP contribution in [0.3, 0.4) is 0 Å². The maximum atomic E-state index is 4.42. The Hall–Kier alpha value is -2.08. The van der Waals surface area contributed by atoms with E-state index in [2.05, 4.69) is 32.2 Å². The Balaban J connectivity index is 1.86. The molecule has 0 fully saturated rings. The Labute approximate surface area is 108 Å². The summed E-state index contributed by atoms with van der Waals surface area (Å²) in [4.78, 5) is 17.1. The van der Waals surface area contributed by atoms with E-state index in [1.165, 1.54) is 0 Å². The van der Waals surface area contributed by atoms with E-state index in [9.17, 15) is 0 Å². The van der Waals surface area contributed by atoms with Crippen molar-refractivity contribution in [3.8, 4) is 0 Å². The SMILES string of the molecule is CC(Nc1ccc2nccnc2n1)c1nccs1. The Morgan fingerprint density at radius 3 is 2.83 bits per heavy atom. The summed E-state index contributed by atoms with van der Waals surface area (Å²) in [6.07, 6.45) is 5.11. The molecule has 0 saturated heterocycles. The highest BCUT2D eigenvalue weighted by molar-refractivity contribution is 7.09. The van der Waals surface area contributed by atoms with Gasteiger partial charge in [-0.15, -0.1) is 11.3 Å². The predicted octanol–water partition coefficient (Wildman–Crippen LogP) is 2.65. The maximum Gasteiger partial charge on any atom is 0.180 e. The van der Waals surface area contributed by atoms with Gasteiger partial charge in [-0.25, -0.2) is 15.0 Å². The van der Waals surface area contributed by atoms with E-state index >= 15 is 0 Å². The minimum Gasteiger partial charge on any atom is -0.361 e. The van der Waals surface area contributed by atoms with E-state index < -0.39 is 0 Å². The number of hydrogen-bond donors (Lipinski definition) is 1. The Bertz CT molecular complexity index is 652. The molecule has 0 radical (unpaired) electrons. The van der Waals surface area contributed by atoms with Gasteiger partial charge in [-0.05, 0) is 19.1 Å². The van der Waals surface area contributed by atoms with Crippen molar-refractivity contribution in [2.24, 2.45) is 0 Å². The summed E-state index contributed by atoms with van der Waals surface area (Å²) in [5.41, 5.74) is 1.44. The van der Waals surface area contributed by atoms with E-state index in [0.717, 1.165) is 16.3 Å². The van der Waals surface area contributed by atoms with E-state index in [-0.39, 0.29) is 6.04 Å². The molecule has 3 aromatic heterocycles. The summed E-state index contributed by atoms with van der Waals surface area (Å²) >= 11 is 1.62. The third kappa shape index (κ3) is 2.14. The number of fused-ring (bicyclic) bond motifs is 1. The minimum atomic E-state index is 0.131. The Morgan fingerprint density at radius 2 is 2.00 bits per heavy atom. The molecule has 6 heteroatoms. The lowest BCUT2D eigenvalue weighted by Crippen LogP contribution is -2.07. The summed E-state index contributed by atoms with van der Waals surface area (Å²) in [6, 6.07) is 3.94. The molecule has 0 aliphatic heterocycles. The fourth-order valence-electron chi connectivity index (χ4n) is 1.67. The van der Waals surface area contributed by atoms with Gasteiger partial charge in [-0.3, -0.25) is 4.98 Å². The second-order valence-corrected chi connectivity index (χ2v) is 4.76. The fraction of sp³-hybridized carbons (Fsp3) is 0.167. The van der Waals surface area contributed by atoms with E-state index in [1.54, 1.807) is 29.9 Å². The smallest absolute Gasteiger partial charge is 0.180 e. The number of nitrogens with one attached hydrogen (secondary N) is 1. The molecule has 0 aromatic carbocycles. The van der Waals surface area contributed by atoms with Gasteiger partial charge in [-0.2, -0.15) is 0 Å². The van der Waals surface area contributed by atoms with Crippen molar-refractivity contribution in [2.75, 3.05) is 5.32 Å². The number of pyridine rings is 1. The normalized spacial score (nSPS) is 12.5. The summed E-state index contributed by atoms with van der Waals surface area (Å²) in [5, 5.41) is 6.31. The zero-order chi connectivity index (χ0) is 12.4. The van der Waals surface area contributed by atoms with Crippen LogP contribution in [0.5, 0.6) is 0 Å². The largest absolute Gasteiger partial charge is 0.361 e. The molecule has 3 rings (SSSR count). The molecule has 18 heavy (non-hydrogen) atoms. The van der Waals surface area contributed by atoms with E-state index in [4.69, 9.17) is 0 Å². The van der Waals surface area contributed by atoms with Crippen LogP contribution in [-0.4, -0.2) is 19.9 Å². The van der Waals surface area contributed by atoms with Gasteiger partial charge in [0.25, 0.3) is 0 Å². The molecule has 1 unspecified atom stereocenters. The zero-order valence-corrected chi connectivity index (χ0v) is 10.6. The number of hydrogen-bond acceptors (Lipinski definition) is 6. The van der Waals surface area contributed by atoms with Crippen molar-refractivity contribution in [1.29, 1.82) is 0 Å². The molecule has 0 spiro atoms. The van der Waals surface area contributed by atoms with Crippen molar-refractivity contribution in [3.63, 3.8) is 0 Å². The summed E-state index contributed by atoms with van der Waals surface area (Å²) in [7, 11) is 0. The highest BCUT2D eigenvalue weighted by atomic mass is 32.1. The Kier molecular flexibility index (Phi) is 2.85. The van der Waals surface area contributed by atoms with Gasteiger partial charge in [0, 0.05) is 24.0 Å². The topological polar surface area (TPSA) is 63.6 Å². The second-order valence-electron chi connectivity index (χ2n) is 3.83. The van der Waals surface area contributed by atoms with Crippen LogP contribution in [0.4, 0.5) is 5.82 Å². The van der Waals surface area contributed by atoms with Gasteiger partial charge < -0.3 is 5.32 Å². The van der Waals surface area contributed by atoms with Gasteiger partial charge in [0.1, 0.15) is 16.3 Å². The lowest BCUT2D eigenvalue weighted by Gasteiger charge is -2.11. The van der Waals surface area contributed by atoms with Crippen LogP contribution >= 0.6 is 11.3 Å². The number of aromatic nitrogens is 4. The lowest BCUT2D eigenvalue weighted by molar-refractivity contribution is 0.862. The molecule has 3 heterocycles. The molecule has 0 bridgehead atoms. The fourth-order valence-corrected chi connectivity index (χ4v) is 2.31. The second kappa shape index (κ2) is 4.66. The molecule has 0 amide bonds. The van der Waals surface area contributed by atoms with Crippen LogP contribution in [0.15, 0.2) is 36.1 Å². The first-order chi connectivity index (χ1) is 8.83. The maximum absolute atomic E-state index is 4.42. The summed E-state index contributed by atoms with van der Waals surface area (Å²) in [6.45, 7) is 2.06. The highest BCUT2D eigenvalue weighted by Crippen LogP contribution is 2.20. The summed E-state index contributed by atoms with van der Waals surface area (Å²) in [5.74, 6) is 0.783. The first-order valence-corrected chi connectivity index (χ1v) is 6.44. The number of rotatable bonds is 3. The molecule has 0 saturated carbocycles. The molecular formula is C12H11N5S. The quantitative estimate of drug-likeness (QED) is 0.781. The molecule has 0 aliphatic rings. The first-order valence-electron chi connectivity index (χ1n) is 5.56. The van der Waals surface area contributed by atoms with Crippen LogP contribution in [0, 0.1) is 0 Å². The molecule has 1 N–H and O–H groups in total. The van der Waals surface area contributed by atoms with Crippen molar-refractivity contribution < 1.29 is 0 Å². The molecular weight excluding hydrogens is 246 g/mol. The molecule has 90 valence electrons. The summed E-state index contributed by atoms with van der Waals surface area (Å²) < 4.78 is 0. The third-order valence-corrected chi connectivity index (χ3v) is 3.48. The van der Waals surface area contributed by atoms with E-state index in [0.29, 0.717) is 5.65 Å². The van der Waals surface area contributed by atoms with E-state index in [1.807, 2.05) is 17.5 Å². The minimum absolute atomic E-state index is 0.131. The first kappa shape index (κ1) is 11.0. The third-order valence-electron chi connectivity index (χ3n) is 2.52. The average molecular weight is 257 g/mol. The van der Waals surface area contributed by atoms with Crippen LogP contribution in [-0.2, 0) is 0 Å². The monoisotopic (exact) mass is 257 g/mol. The van der Waals surface area contributed by atoms with Gasteiger partial charge in [0.05, 0.1) is 6.04 Å². The molecule has 3 aromatic rings. The van der Waals surface area contributed by atoms with Crippen LogP contribution in [0.1, 0.15) is 18.0 Å². The number of anilines is 1. The van der Waals surface area contributed by atoms with Crippen LogP contribution in [0.25, 0.3) is 11.2 Å². The lowest BCUT2D eigenvalue weighted by atomic mass is 10.3. The number of thiazole rings is 1. The van der Waals surface area contributed by atoms with Gasteiger partial charge in [0.2, 0.25) is 0 Å². The highest BCUT2D eigenvalue weighted by Gasteiger charge is 2.08. The van der Waals surface area contributed by atoms with Gasteiger partial charge in [0.15, 0.2) is 5.65 Å². The molecule has 5 nitrogen and oxygen atoms in total. The average Bonchev–Trinajstić information content (AvgIpc) is 2.92. The van der Waals surface area contributed by atoms with Gasteiger partial charge in [-0.1, -0.05) is 0 Å². The van der Waals surface area contributed by atoms with Crippen LogP contribution < -0.4 is 5.32 Å². The van der Waals surface area contributed by atoms with Crippen molar-refractivity contribution >= 4 is 28.3 Å². The zero-order valence-electron chi connectivity index (χ0n) is 9.74. The van der Waals surface area contributed by atoms with Crippen molar-refractivity contribution in [1.82, 2.24) is 19.9 Å². The van der Waals surface area contributed by atoms with Crippen LogP contribution in [0.2, 0.25) is 0 Å². The van der Waals surface area contributed by atoms with Crippen molar-refractivity contribution in [2.45, 2.75) is 13.0 Å². The predicted molar refractivity (Wildman–Crippen MR) is 71.5 cm³/mol. The number of nitrogens with zero attached hydrogens (tertiary/aromatic N) is 4.